The third kappa shape index (κ3) is 4.00. The molecule has 2 nitrogen and oxygen atoms in total. The fourth-order valence-electron chi connectivity index (χ4n) is 2.02. The molecular weight excluding hydrogens is 268 g/mol. The first-order valence-corrected chi connectivity index (χ1v) is 7.18. The van der Waals surface area contributed by atoms with E-state index in [-0.39, 0.29) is 0 Å². The van der Waals surface area contributed by atoms with Crippen LogP contribution in [-0.4, -0.2) is 11.2 Å². The van der Waals surface area contributed by atoms with Crippen LogP contribution in [0.25, 0.3) is 12.2 Å². The van der Waals surface area contributed by atoms with Crippen LogP contribution >= 0.6 is 0 Å². The maximum absolute atomic E-state index is 4.42. The number of aromatic nitrogens is 1. The molecule has 22 heavy (non-hydrogen) atoms. The number of hydrogen-bond donors (Lipinski definition) is 0. The predicted octanol–water partition coefficient (Wildman–Crippen LogP) is 5.00. The van der Waals surface area contributed by atoms with Crippen molar-refractivity contribution < 1.29 is 0 Å². The normalized spacial score (nSPS) is 11.3. The lowest BCUT2D eigenvalue weighted by atomic mass is 10.1. The summed E-state index contributed by atoms with van der Waals surface area (Å²) in [5.74, 6) is 0. The molecular formula is C20H16N2. The predicted molar refractivity (Wildman–Crippen MR) is 93.3 cm³/mol. The molecule has 106 valence electrons. The first-order chi connectivity index (χ1) is 10.9. The Balaban J connectivity index is 1.68. The van der Waals surface area contributed by atoms with E-state index in [9.17, 15) is 0 Å². The topological polar surface area (TPSA) is 25.2 Å². The Morgan fingerprint density at radius 1 is 0.682 bits per heavy atom. The summed E-state index contributed by atoms with van der Waals surface area (Å²) < 4.78 is 0. The van der Waals surface area contributed by atoms with Crippen molar-refractivity contribution in [1.29, 1.82) is 0 Å². The zero-order chi connectivity index (χ0) is 15.0. The fourth-order valence-corrected chi connectivity index (χ4v) is 2.02. The molecule has 0 atom stereocenters. The van der Waals surface area contributed by atoms with Gasteiger partial charge in [0.05, 0.1) is 17.6 Å². The van der Waals surface area contributed by atoms with E-state index in [1.54, 1.807) is 12.4 Å². The van der Waals surface area contributed by atoms with E-state index in [1.165, 1.54) is 5.56 Å². The van der Waals surface area contributed by atoms with Gasteiger partial charge in [-0.05, 0) is 35.4 Å². The quantitative estimate of drug-likeness (QED) is 0.488. The van der Waals surface area contributed by atoms with Crippen molar-refractivity contribution in [2.75, 3.05) is 0 Å². The van der Waals surface area contributed by atoms with E-state index in [0.717, 1.165) is 16.9 Å². The second-order valence-corrected chi connectivity index (χ2v) is 4.85. The van der Waals surface area contributed by atoms with Gasteiger partial charge in [0, 0.05) is 6.20 Å². The van der Waals surface area contributed by atoms with Crippen LogP contribution in [0.4, 0.5) is 5.69 Å². The van der Waals surface area contributed by atoms with Crippen molar-refractivity contribution in [2.24, 2.45) is 4.99 Å². The Hall–Kier alpha value is -3.00. The van der Waals surface area contributed by atoms with E-state index in [0.29, 0.717) is 0 Å². The second-order valence-electron chi connectivity index (χ2n) is 4.85. The smallest absolute Gasteiger partial charge is 0.0812 e. The molecule has 0 amide bonds. The SMILES string of the molecule is C(=Nc1ccc(/C=C/c2ccccc2)cc1)c1ccccn1. The van der Waals surface area contributed by atoms with Gasteiger partial charge in [-0.3, -0.25) is 9.98 Å². The average Bonchev–Trinajstić information content (AvgIpc) is 2.61. The Bertz CT molecular complexity index is 689. The van der Waals surface area contributed by atoms with Crippen LogP contribution < -0.4 is 0 Å². The van der Waals surface area contributed by atoms with Gasteiger partial charge in [-0.15, -0.1) is 0 Å². The first kappa shape index (κ1) is 14.0. The highest BCUT2D eigenvalue weighted by Gasteiger charge is 1.91. The molecule has 0 fully saturated rings. The zero-order valence-electron chi connectivity index (χ0n) is 12.1. The number of hydrogen-bond acceptors (Lipinski definition) is 2. The molecule has 0 saturated carbocycles. The van der Waals surface area contributed by atoms with Gasteiger partial charge in [0.2, 0.25) is 0 Å². The van der Waals surface area contributed by atoms with Crippen molar-refractivity contribution >= 4 is 24.1 Å². The van der Waals surface area contributed by atoms with Gasteiger partial charge in [0.25, 0.3) is 0 Å². The summed E-state index contributed by atoms with van der Waals surface area (Å²) in [6.45, 7) is 0. The minimum Gasteiger partial charge on any atom is -0.255 e. The third-order valence-corrected chi connectivity index (χ3v) is 3.19. The molecule has 3 rings (SSSR count). The summed E-state index contributed by atoms with van der Waals surface area (Å²) in [4.78, 5) is 8.64. The summed E-state index contributed by atoms with van der Waals surface area (Å²) in [6, 6.07) is 24.2. The summed E-state index contributed by atoms with van der Waals surface area (Å²) >= 11 is 0. The lowest BCUT2D eigenvalue weighted by Gasteiger charge is -1.97. The maximum atomic E-state index is 4.42. The van der Waals surface area contributed by atoms with E-state index in [1.807, 2.05) is 48.5 Å². The van der Waals surface area contributed by atoms with Crippen molar-refractivity contribution in [3.8, 4) is 0 Å². The Kier molecular flexibility index (Phi) is 4.53. The Morgan fingerprint density at radius 3 is 2.05 bits per heavy atom. The average molecular weight is 284 g/mol. The molecule has 0 spiro atoms. The number of aliphatic imine (C=N–C) groups is 1. The molecule has 0 aliphatic rings. The molecule has 0 N–H and O–H groups in total. The number of rotatable bonds is 4. The summed E-state index contributed by atoms with van der Waals surface area (Å²) in [7, 11) is 0. The third-order valence-electron chi connectivity index (χ3n) is 3.19. The minimum atomic E-state index is 0.857. The lowest BCUT2D eigenvalue weighted by molar-refractivity contribution is 1.30. The summed E-state index contributed by atoms with van der Waals surface area (Å²) in [5, 5.41) is 0. The minimum absolute atomic E-state index is 0.857. The van der Waals surface area contributed by atoms with Crippen molar-refractivity contribution in [1.82, 2.24) is 4.98 Å². The number of benzene rings is 2. The van der Waals surface area contributed by atoms with Gasteiger partial charge in [0.15, 0.2) is 0 Å². The standard InChI is InChI=1S/C20H16N2/c1-2-6-17(7-3-1)9-10-18-11-13-19(14-12-18)22-16-20-8-4-5-15-21-20/h1-16H/b10-9+,22-16?. The molecule has 1 heterocycles. The zero-order valence-corrected chi connectivity index (χ0v) is 12.1. The van der Waals surface area contributed by atoms with Crippen LogP contribution in [0.15, 0.2) is 84.0 Å². The highest BCUT2D eigenvalue weighted by Crippen LogP contribution is 2.15. The molecule has 0 bridgehead atoms. The van der Waals surface area contributed by atoms with E-state index < -0.39 is 0 Å². The molecule has 0 unspecified atom stereocenters. The molecule has 0 aliphatic heterocycles. The monoisotopic (exact) mass is 284 g/mol. The van der Waals surface area contributed by atoms with Gasteiger partial charge >= 0.3 is 0 Å². The van der Waals surface area contributed by atoms with Crippen LogP contribution in [0, 0.1) is 0 Å². The summed E-state index contributed by atoms with van der Waals surface area (Å²) in [5.41, 5.74) is 4.12. The summed E-state index contributed by atoms with van der Waals surface area (Å²) in [6.07, 6.45) is 7.74. The van der Waals surface area contributed by atoms with Gasteiger partial charge in [0.1, 0.15) is 0 Å². The van der Waals surface area contributed by atoms with Crippen LogP contribution in [0.5, 0.6) is 0 Å². The van der Waals surface area contributed by atoms with Gasteiger partial charge in [-0.1, -0.05) is 60.7 Å². The molecule has 2 aromatic carbocycles. The first-order valence-electron chi connectivity index (χ1n) is 7.18. The maximum Gasteiger partial charge on any atom is 0.0812 e. The van der Waals surface area contributed by atoms with Crippen LogP contribution in [0.3, 0.4) is 0 Å². The van der Waals surface area contributed by atoms with Crippen molar-refractivity contribution in [2.45, 2.75) is 0 Å². The molecule has 0 saturated heterocycles. The fraction of sp³-hybridized carbons (Fsp3) is 0. The van der Waals surface area contributed by atoms with Gasteiger partial charge in [-0.25, -0.2) is 0 Å². The van der Waals surface area contributed by atoms with E-state index in [4.69, 9.17) is 0 Å². The van der Waals surface area contributed by atoms with Crippen LogP contribution in [0.1, 0.15) is 16.8 Å². The molecule has 2 heteroatoms. The molecule has 1 aromatic heterocycles. The molecule has 0 radical (unpaired) electrons. The molecule has 0 aliphatic carbocycles. The Morgan fingerprint density at radius 2 is 1.36 bits per heavy atom. The largest absolute Gasteiger partial charge is 0.255 e. The van der Waals surface area contributed by atoms with Gasteiger partial charge < -0.3 is 0 Å². The lowest BCUT2D eigenvalue weighted by Crippen LogP contribution is -1.83. The van der Waals surface area contributed by atoms with E-state index in [2.05, 4.69) is 46.4 Å². The highest BCUT2D eigenvalue weighted by atomic mass is 14.8. The Labute approximate surface area is 130 Å². The van der Waals surface area contributed by atoms with Crippen LogP contribution in [0.2, 0.25) is 0 Å². The number of nitrogens with zero attached hydrogens (tertiary/aromatic N) is 2. The van der Waals surface area contributed by atoms with Crippen LogP contribution in [-0.2, 0) is 0 Å². The van der Waals surface area contributed by atoms with Crippen molar-refractivity contribution in [3.63, 3.8) is 0 Å². The van der Waals surface area contributed by atoms with Crippen molar-refractivity contribution in [3.05, 3.63) is 95.8 Å². The number of pyridine rings is 1. The molecule has 3 aromatic rings. The second kappa shape index (κ2) is 7.14. The van der Waals surface area contributed by atoms with Gasteiger partial charge in [-0.2, -0.15) is 0 Å². The highest BCUT2D eigenvalue weighted by molar-refractivity contribution is 5.79. The van der Waals surface area contributed by atoms with E-state index >= 15 is 0 Å².